The molecule has 0 aliphatic heterocycles. The maximum Gasteiger partial charge on any atom is 0.214 e. The fourth-order valence-corrected chi connectivity index (χ4v) is 4.08. The second kappa shape index (κ2) is 6.22. The molecule has 2 atom stereocenters. The highest BCUT2D eigenvalue weighted by atomic mass is 35.5. The monoisotopic (exact) mass is 267 g/mol. The molecule has 0 aromatic heterocycles. The predicted molar refractivity (Wildman–Crippen MR) is 68.3 cm³/mol. The van der Waals surface area contributed by atoms with Gasteiger partial charge < -0.3 is 0 Å². The summed E-state index contributed by atoms with van der Waals surface area (Å²) >= 11 is 5.54. The van der Waals surface area contributed by atoms with E-state index in [1.54, 1.807) is 11.4 Å². The van der Waals surface area contributed by atoms with Gasteiger partial charge in [-0.1, -0.05) is 19.8 Å². The van der Waals surface area contributed by atoms with Gasteiger partial charge in [0.15, 0.2) is 0 Å². The minimum atomic E-state index is -3.10. The van der Waals surface area contributed by atoms with Crippen LogP contribution in [0.4, 0.5) is 0 Å². The van der Waals surface area contributed by atoms with E-state index >= 15 is 0 Å². The highest BCUT2D eigenvalue weighted by Gasteiger charge is 2.29. The number of rotatable bonds is 5. The molecule has 0 aromatic rings. The van der Waals surface area contributed by atoms with E-state index in [9.17, 15) is 8.42 Å². The molecule has 1 saturated carbocycles. The Bertz CT molecular complexity index is 305. The molecule has 0 spiro atoms. The second-order valence-corrected chi connectivity index (χ2v) is 7.33. The SMILES string of the molecule is CC1CCCC(N(C)S(=O)(=O)CCCCl)C1. The maximum absolute atomic E-state index is 12.0. The van der Waals surface area contributed by atoms with E-state index in [1.165, 1.54) is 6.42 Å². The Kier molecular flexibility index (Phi) is 5.54. The van der Waals surface area contributed by atoms with Crippen molar-refractivity contribution in [2.24, 2.45) is 5.92 Å². The van der Waals surface area contributed by atoms with E-state index in [4.69, 9.17) is 11.6 Å². The molecule has 5 heteroatoms. The molecular formula is C11H22ClNO2S. The molecule has 1 rings (SSSR count). The Labute approximate surface area is 104 Å². The molecule has 0 saturated heterocycles. The first kappa shape index (κ1) is 14.3. The van der Waals surface area contributed by atoms with E-state index in [0.717, 1.165) is 19.3 Å². The number of nitrogens with zero attached hydrogens (tertiary/aromatic N) is 1. The van der Waals surface area contributed by atoms with Crippen LogP contribution >= 0.6 is 11.6 Å². The lowest BCUT2D eigenvalue weighted by molar-refractivity contribution is 0.239. The number of sulfonamides is 1. The third kappa shape index (κ3) is 3.90. The number of halogens is 1. The van der Waals surface area contributed by atoms with Gasteiger partial charge in [-0.25, -0.2) is 12.7 Å². The van der Waals surface area contributed by atoms with Gasteiger partial charge in [0.25, 0.3) is 0 Å². The van der Waals surface area contributed by atoms with Crippen molar-refractivity contribution >= 4 is 21.6 Å². The standard InChI is InChI=1S/C11H22ClNO2S/c1-10-5-3-6-11(9-10)13(2)16(14,15)8-4-7-12/h10-11H,3-9H2,1-2H3. The largest absolute Gasteiger partial charge is 0.214 e. The molecule has 1 fully saturated rings. The first-order valence-corrected chi connectivity index (χ1v) is 8.13. The highest BCUT2D eigenvalue weighted by molar-refractivity contribution is 7.89. The summed E-state index contributed by atoms with van der Waals surface area (Å²) in [5, 5.41) is 0. The first-order valence-electron chi connectivity index (χ1n) is 5.99. The van der Waals surface area contributed by atoms with Crippen molar-refractivity contribution in [2.45, 2.75) is 45.1 Å². The smallest absolute Gasteiger partial charge is 0.212 e. The molecule has 1 aliphatic rings. The Morgan fingerprint density at radius 2 is 2.06 bits per heavy atom. The van der Waals surface area contributed by atoms with Crippen molar-refractivity contribution in [2.75, 3.05) is 18.7 Å². The molecular weight excluding hydrogens is 246 g/mol. The number of alkyl halides is 1. The molecule has 96 valence electrons. The van der Waals surface area contributed by atoms with Crippen LogP contribution in [0.15, 0.2) is 0 Å². The number of hydrogen-bond acceptors (Lipinski definition) is 2. The van der Waals surface area contributed by atoms with E-state index in [0.29, 0.717) is 18.2 Å². The van der Waals surface area contributed by atoms with Gasteiger partial charge in [0.2, 0.25) is 10.0 Å². The van der Waals surface area contributed by atoms with Crippen LogP contribution < -0.4 is 0 Å². The third-order valence-electron chi connectivity index (χ3n) is 3.40. The summed E-state index contributed by atoms with van der Waals surface area (Å²) in [4.78, 5) is 0. The first-order chi connectivity index (χ1) is 7.47. The van der Waals surface area contributed by atoms with Crippen LogP contribution in [0.5, 0.6) is 0 Å². The van der Waals surface area contributed by atoms with Gasteiger partial charge in [0.1, 0.15) is 0 Å². The van der Waals surface area contributed by atoms with Crippen LogP contribution in [-0.2, 0) is 10.0 Å². The summed E-state index contributed by atoms with van der Waals surface area (Å²) in [5.41, 5.74) is 0. The van der Waals surface area contributed by atoms with E-state index in [1.807, 2.05) is 0 Å². The second-order valence-electron chi connectivity index (χ2n) is 4.80. The lowest BCUT2D eigenvalue weighted by atomic mass is 9.87. The van der Waals surface area contributed by atoms with Crippen LogP contribution in [0.3, 0.4) is 0 Å². The summed E-state index contributed by atoms with van der Waals surface area (Å²) in [5.74, 6) is 1.23. The Balaban J connectivity index is 2.58. The van der Waals surface area contributed by atoms with Gasteiger partial charge in [0.05, 0.1) is 5.75 Å². The molecule has 1 aliphatic carbocycles. The van der Waals surface area contributed by atoms with Gasteiger partial charge in [0, 0.05) is 19.0 Å². The summed E-state index contributed by atoms with van der Waals surface area (Å²) in [6.45, 7) is 2.20. The molecule has 0 bridgehead atoms. The van der Waals surface area contributed by atoms with Gasteiger partial charge in [-0.15, -0.1) is 11.6 Å². The van der Waals surface area contributed by atoms with Crippen molar-refractivity contribution in [1.82, 2.24) is 4.31 Å². The van der Waals surface area contributed by atoms with Crippen molar-refractivity contribution in [1.29, 1.82) is 0 Å². The summed E-state index contributed by atoms with van der Waals surface area (Å²) < 4.78 is 25.5. The molecule has 0 radical (unpaired) electrons. The van der Waals surface area contributed by atoms with Crippen LogP contribution in [-0.4, -0.2) is 37.4 Å². The third-order valence-corrected chi connectivity index (χ3v) is 5.65. The number of hydrogen-bond donors (Lipinski definition) is 0. The van der Waals surface area contributed by atoms with Gasteiger partial charge >= 0.3 is 0 Å². The summed E-state index contributed by atoms with van der Waals surface area (Å²) in [7, 11) is -1.38. The fourth-order valence-electron chi connectivity index (χ4n) is 2.34. The van der Waals surface area contributed by atoms with Crippen molar-refractivity contribution in [3.63, 3.8) is 0 Å². The van der Waals surface area contributed by atoms with E-state index in [2.05, 4.69) is 6.92 Å². The minimum absolute atomic E-state index is 0.178. The Morgan fingerprint density at radius 3 is 2.62 bits per heavy atom. The normalized spacial score (nSPS) is 27.2. The minimum Gasteiger partial charge on any atom is -0.212 e. The lowest BCUT2D eigenvalue weighted by Gasteiger charge is -2.33. The summed E-state index contributed by atoms with van der Waals surface area (Å²) in [6.07, 6.45) is 4.90. The Hall–Kier alpha value is 0.200. The molecule has 0 aromatic carbocycles. The molecule has 2 unspecified atom stereocenters. The van der Waals surface area contributed by atoms with E-state index < -0.39 is 10.0 Å². The van der Waals surface area contributed by atoms with Crippen molar-refractivity contribution < 1.29 is 8.42 Å². The fraction of sp³-hybridized carbons (Fsp3) is 1.00. The van der Waals surface area contributed by atoms with Gasteiger partial charge in [-0.05, 0) is 25.2 Å². The van der Waals surface area contributed by atoms with Crippen molar-refractivity contribution in [3.8, 4) is 0 Å². The van der Waals surface area contributed by atoms with Gasteiger partial charge in [-0.2, -0.15) is 0 Å². The highest BCUT2D eigenvalue weighted by Crippen LogP contribution is 2.28. The Morgan fingerprint density at radius 1 is 1.38 bits per heavy atom. The predicted octanol–water partition coefficient (Wildman–Crippen LogP) is 2.46. The average Bonchev–Trinajstić information content (AvgIpc) is 2.25. The van der Waals surface area contributed by atoms with Crippen LogP contribution in [0, 0.1) is 5.92 Å². The quantitative estimate of drug-likeness (QED) is 0.718. The van der Waals surface area contributed by atoms with Crippen molar-refractivity contribution in [3.05, 3.63) is 0 Å². The average molecular weight is 268 g/mol. The lowest BCUT2D eigenvalue weighted by Crippen LogP contribution is -2.41. The van der Waals surface area contributed by atoms with Crippen LogP contribution in [0.1, 0.15) is 39.0 Å². The summed E-state index contributed by atoms with van der Waals surface area (Å²) in [6, 6.07) is 0.198. The maximum atomic E-state index is 12.0. The van der Waals surface area contributed by atoms with Crippen LogP contribution in [0.2, 0.25) is 0 Å². The van der Waals surface area contributed by atoms with E-state index in [-0.39, 0.29) is 11.8 Å². The molecule has 0 amide bonds. The molecule has 3 nitrogen and oxygen atoms in total. The molecule has 0 N–H and O–H groups in total. The van der Waals surface area contributed by atoms with Gasteiger partial charge in [-0.3, -0.25) is 0 Å². The zero-order valence-corrected chi connectivity index (χ0v) is 11.7. The van der Waals surface area contributed by atoms with Crippen LogP contribution in [0.25, 0.3) is 0 Å². The molecule has 16 heavy (non-hydrogen) atoms. The zero-order valence-electron chi connectivity index (χ0n) is 10.2. The topological polar surface area (TPSA) is 37.4 Å². The zero-order chi connectivity index (χ0) is 12.2. The molecule has 0 heterocycles.